The van der Waals surface area contributed by atoms with E-state index in [9.17, 15) is 4.79 Å². The maximum absolute atomic E-state index is 11.9. The second-order valence-corrected chi connectivity index (χ2v) is 5.77. The third-order valence-corrected chi connectivity index (χ3v) is 4.21. The highest BCUT2D eigenvalue weighted by atomic mass is 35.5. The van der Waals surface area contributed by atoms with Crippen molar-refractivity contribution in [1.29, 1.82) is 0 Å². The minimum absolute atomic E-state index is 0. The van der Waals surface area contributed by atoms with Gasteiger partial charge in [0.1, 0.15) is 0 Å². The van der Waals surface area contributed by atoms with Gasteiger partial charge in [-0.15, -0.1) is 23.7 Å². The number of amides is 1. The molecule has 1 fully saturated rings. The van der Waals surface area contributed by atoms with Crippen LogP contribution in [0.5, 0.6) is 0 Å². The van der Waals surface area contributed by atoms with E-state index in [-0.39, 0.29) is 24.2 Å². The molecule has 1 saturated heterocycles. The minimum Gasteiger partial charge on any atom is -0.351 e. The minimum atomic E-state index is 0. The molecule has 1 aliphatic heterocycles. The lowest BCUT2D eigenvalue weighted by Crippen LogP contribution is -2.37. The quantitative estimate of drug-likeness (QED) is 0.892. The van der Waals surface area contributed by atoms with Gasteiger partial charge in [0.05, 0.1) is 17.2 Å². The Kier molecular flexibility index (Phi) is 6.05. The molecule has 0 radical (unpaired) electrons. The number of nitrogens with one attached hydrogen (secondary N) is 2. The molecule has 4 nitrogen and oxygen atoms in total. The first-order valence-corrected chi connectivity index (χ1v) is 6.90. The van der Waals surface area contributed by atoms with E-state index in [2.05, 4.69) is 15.6 Å². The van der Waals surface area contributed by atoms with Gasteiger partial charge in [-0.25, -0.2) is 4.98 Å². The molecule has 1 amide bonds. The molecule has 2 rings (SSSR count). The van der Waals surface area contributed by atoms with Gasteiger partial charge in [-0.1, -0.05) is 0 Å². The molecular weight excluding hydrogens is 270 g/mol. The van der Waals surface area contributed by atoms with Crippen LogP contribution in [0.15, 0.2) is 0 Å². The number of hydrogen-bond acceptors (Lipinski definition) is 4. The largest absolute Gasteiger partial charge is 0.351 e. The van der Waals surface area contributed by atoms with E-state index < -0.39 is 0 Å². The summed E-state index contributed by atoms with van der Waals surface area (Å²) in [5, 5.41) is 7.36. The molecule has 0 unspecified atom stereocenters. The smallest absolute Gasteiger partial charge is 0.223 e. The third-order valence-electron chi connectivity index (χ3n) is 3.13. The number of nitrogens with zero attached hydrogens (tertiary/aromatic N) is 1. The summed E-state index contributed by atoms with van der Waals surface area (Å²) in [6, 6.07) is 0. The fraction of sp³-hybridized carbons (Fsp3) is 0.667. The lowest BCUT2D eigenvalue weighted by Gasteiger charge is -2.21. The summed E-state index contributed by atoms with van der Waals surface area (Å²) in [4.78, 5) is 17.5. The van der Waals surface area contributed by atoms with Crippen LogP contribution in [-0.4, -0.2) is 24.0 Å². The molecular formula is C12H20ClN3OS. The number of rotatable bonds is 3. The number of hydrogen-bond donors (Lipinski definition) is 2. The van der Waals surface area contributed by atoms with E-state index in [1.807, 2.05) is 13.8 Å². The molecule has 0 aromatic carbocycles. The van der Waals surface area contributed by atoms with Crippen molar-refractivity contribution in [2.45, 2.75) is 33.2 Å². The molecule has 0 spiro atoms. The van der Waals surface area contributed by atoms with Gasteiger partial charge in [-0.3, -0.25) is 4.79 Å². The highest BCUT2D eigenvalue weighted by molar-refractivity contribution is 7.11. The molecule has 1 aromatic heterocycles. The summed E-state index contributed by atoms with van der Waals surface area (Å²) in [5.41, 5.74) is 1.04. The maximum Gasteiger partial charge on any atom is 0.223 e. The molecule has 1 aliphatic rings. The second-order valence-electron chi connectivity index (χ2n) is 4.48. The highest BCUT2D eigenvalue weighted by Gasteiger charge is 2.20. The lowest BCUT2D eigenvalue weighted by atomic mass is 9.97. The van der Waals surface area contributed by atoms with Crippen molar-refractivity contribution >= 4 is 29.7 Å². The Balaban J connectivity index is 0.00000162. The zero-order valence-electron chi connectivity index (χ0n) is 10.8. The van der Waals surface area contributed by atoms with Gasteiger partial charge >= 0.3 is 0 Å². The van der Waals surface area contributed by atoms with Crippen molar-refractivity contribution in [3.05, 3.63) is 15.6 Å². The van der Waals surface area contributed by atoms with Crippen molar-refractivity contribution in [2.24, 2.45) is 5.92 Å². The molecule has 0 atom stereocenters. The normalized spacial score (nSPS) is 16.1. The zero-order valence-corrected chi connectivity index (χ0v) is 12.4. The van der Waals surface area contributed by atoms with Gasteiger partial charge in [0.15, 0.2) is 0 Å². The molecule has 0 aliphatic carbocycles. The first-order valence-electron chi connectivity index (χ1n) is 6.08. The Bertz CT molecular complexity index is 402. The average molecular weight is 290 g/mol. The molecule has 1 aromatic rings. The van der Waals surface area contributed by atoms with Crippen LogP contribution in [0.25, 0.3) is 0 Å². The van der Waals surface area contributed by atoms with E-state index in [0.29, 0.717) is 6.54 Å². The second kappa shape index (κ2) is 7.07. The number of piperidine rings is 1. The summed E-state index contributed by atoms with van der Waals surface area (Å²) >= 11 is 1.66. The fourth-order valence-corrected chi connectivity index (χ4v) is 3.01. The SMILES string of the molecule is Cc1nc(C)c(CNC(=O)C2CCNCC2)s1.Cl. The molecule has 102 valence electrons. The highest BCUT2D eigenvalue weighted by Crippen LogP contribution is 2.17. The van der Waals surface area contributed by atoms with Crippen LogP contribution in [0, 0.1) is 19.8 Å². The Morgan fingerprint density at radius 1 is 1.44 bits per heavy atom. The standard InChI is InChI=1S/C12H19N3OS.ClH/c1-8-11(17-9(2)15-8)7-14-12(16)10-3-5-13-6-4-10;/h10,13H,3-7H2,1-2H3,(H,14,16);1H. The van der Waals surface area contributed by atoms with Crippen molar-refractivity contribution < 1.29 is 4.79 Å². The van der Waals surface area contributed by atoms with E-state index in [0.717, 1.165) is 36.6 Å². The maximum atomic E-state index is 11.9. The van der Waals surface area contributed by atoms with Gasteiger partial charge in [-0.05, 0) is 39.8 Å². The van der Waals surface area contributed by atoms with Crippen LogP contribution in [0.3, 0.4) is 0 Å². The predicted molar refractivity (Wildman–Crippen MR) is 76.3 cm³/mol. The van der Waals surface area contributed by atoms with Gasteiger partial charge in [0, 0.05) is 10.8 Å². The van der Waals surface area contributed by atoms with Crippen molar-refractivity contribution in [2.75, 3.05) is 13.1 Å². The van der Waals surface area contributed by atoms with Gasteiger partial charge in [-0.2, -0.15) is 0 Å². The lowest BCUT2D eigenvalue weighted by molar-refractivity contribution is -0.125. The van der Waals surface area contributed by atoms with Gasteiger partial charge in [0.25, 0.3) is 0 Å². The van der Waals surface area contributed by atoms with Crippen LogP contribution in [0.2, 0.25) is 0 Å². The van der Waals surface area contributed by atoms with Crippen LogP contribution in [0.1, 0.15) is 28.4 Å². The topological polar surface area (TPSA) is 54.0 Å². The Hall–Kier alpha value is -0.650. The Labute approximate surface area is 118 Å². The summed E-state index contributed by atoms with van der Waals surface area (Å²) in [7, 11) is 0. The average Bonchev–Trinajstić information content (AvgIpc) is 2.66. The van der Waals surface area contributed by atoms with E-state index >= 15 is 0 Å². The summed E-state index contributed by atoms with van der Waals surface area (Å²) in [5.74, 6) is 0.377. The zero-order chi connectivity index (χ0) is 12.3. The Morgan fingerprint density at radius 2 is 2.11 bits per heavy atom. The van der Waals surface area contributed by atoms with Gasteiger partial charge in [0.2, 0.25) is 5.91 Å². The van der Waals surface area contributed by atoms with E-state index in [4.69, 9.17) is 0 Å². The molecule has 0 saturated carbocycles. The first kappa shape index (κ1) is 15.4. The number of aromatic nitrogens is 1. The summed E-state index contributed by atoms with van der Waals surface area (Å²) < 4.78 is 0. The predicted octanol–water partition coefficient (Wildman–Crippen LogP) is 1.80. The number of halogens is 1. The number of carbonyl (C=O) groups excluding carboxylic acids is 1. The molecule has 18 heavy (non-hydrogen) atoms. The molecule has 2 heterocycles. The number of aryl methyl sites for hydroxylation is 2. The molecule has 6 heteroatoms. The van der Waals surface area contributed by atoms with E-state index in [1.54, 1.807) is 11.3 Å². The fourth-order valence-electron chi connectivity index (χ4n) is 2.13. The van der Waals surface area contributed by atoms with E-state index in [1.165, 1.54) is 4.88 Å². The number of carbonyl (C=O) groups is 1. The van der Waals surface area contributed by atoms with Crippen molar-refractivity contribution in [3.63, 3.8) is 0 Å². The van der Waals surface area contributed by atoms with Crippen LogP contribution in [0.4, 0.5) is 0 Å². The summed E-state index contributed by atoms with van der Waals surface area (Å²) in [6.07, 6.45) is 1.90. The number of thiazole rings is 1. The summed E-state index contributed by atoms with van der Waals surface area (Å²) in [6.45, 7) is 6.53. The van der Waals surface area contributed by atoms with Crippen LogP contribution in [-0.2, 0) is 11.3 Å². The molecule has 0 bridgehead atoms. The van der Waals surface area contributed by atoms with Crippen molar-refractivity contribution in [1.82, 2.24) is 15.6 Å². The molecule has 2 N–H and O–H groups in total. The monoisotopic (exact) mass is 289 g/mol. The third kappa shape index (κ3) is 3.93. The van der Waals surface area contributed by atoms with Crippen LogP contribution < -0.4 is 10.6 Å². The first-order chi connectivity index (χ1) is 8.16. The Morgan fingerprint density at radius 3 is 2.67 bits per heavy atom. The van der Waals surface area contributed by atoms with Crippen molar-refractivity contribution in [3.8, 4) is 0 Å². The van der Waals surface area contributed by atoms with Gasteiger partial charge < -0.3 is 10.6 Å². The van der Waals surface area contributed by atoms with Crippen LogP contribution >= 0.6 is 23.7 Å².